The van der Waals surface area contributed by atoms with Crippen LogP contribution in [0.2, 0.25) is 0 Å². The van der Waals surface area contributed by atoms with Crippen LogP contribution in [-0.4, -0.2) is 38.7 Å². The average molecular weight is 363 g/mol. The second-order valence-electron chi connectivity index (χ2n) is 5.35. The van der Waals surface area contributed by atoms with Crippen LogP contribution in [0.5, 0.6) is 5.75 Å². The molecule has 3 rings (SSSR count). The van der Waals surface area contributed by atoms with E-state index in [0.29, 0.717) is 5.46 Å². The molecule has 3 N–H and O–H groups in total. The molecule has 0 saturated heterocycles. The molecule has 1 aliphatic rings. The monoisotopic (exact) mass is 363 g/mol. The number of nitrogens with one attached hydrogen (secondary N) is 1. The third-order valence-electron chi connectivity index (χ3n) is 3.74. The fourth-order valence-corrected chi connectivity index (χ4v) is 3.52. The zero-order chi connectivity index (χ0) is 18.2. The minimum absolute atomic E-state index is 0.219. The third-order valence-corrected chi connectivity index (χ3v) is 5.12. The number of rotatable bonds is 4. The zero-order valence-electron chi connectivity index (χ0n) is 13.1. The molecule has 0 radical (unpaired) electrons. The lowest BCUT2D eigenvalue weighted by Gasteiger charge is -2.11. The van der Waals surface area contributed by atoms with E-state index < -0.39 is 23.1 Å². The van der Waals surface area contributed by atoms with E-state index in [0.717, 1.165) is 30.9 Å². The second kappa shape index (κ2) is 6.39. The van der Waals surface area contributed by atoms with E-state index in [1.54, 1.807) is 12.1 Å². The summed E-state index contributed by atoms with van der Waals surface area (Å²) in [4.78, 5) is 11.4. The summed E-state index contributed by atoms with van der Waals surface area (Å²) < 4.78 is 37.0. The number of hydrogen-bond acceptors (Lipinski definition) is 7. The number of methoxy groups -OCH3 is 1. The van der Waals surface area contributed by atoms with Crippen molar-refractivity contribution in [2.45, 2.75) is 11.5 Å². The van der Waals surface area contributed by atoms with Gasteiger partial charge in [0.25, 0.3) is 10.0 Å². The number of aromatic hydroxyl groups is 1. The van der Waals surface area contributed by atoms with Gasteiger partial charge >= 0.3 is 13.1 Å². The highest BCUT2D eigenvalue weighted by Gasteiger charge is 2.28. The van der Waals surface area contributed by atoms with Crippen LogP contribution in [-0.2, 0) is 26.0 Å². The lowest BCUT2D eigenvalue weighted by molar-refractivity contribution is 0.0597. The van der Waals surface area contributed by atoms with Crippen molar-refractivity contribution in [3.8, 4) is 5.75 Å². The molecule has 0 bridgehead atoms. The van der Waals surface area contributed by atoms with Crippen LogP contribution >= 0.6 is 0 Å². The molecule has 0 unspecified atom stereocenters. The van der Waals surface area contributed by atoms with E-state index in [2.05, 4.69) is 9.46 Å². The summed E-state index contributed by atoms with van der Waals surface area (Å²) in [6.45, 7) is 0.254. The number of ether oxygens (including phenoxy) is 1. The summed E-state index contributed by atoms with van der Waals surface area (Å²) in [7, 11) is -3.99. The maximum atomic E-state index is 12.5. The number of hydrogen-bond donors (Lipinski definition) is 3. The Bertz CT molecular complexity index is 945. The largest absolute Gasteiger partial charge is 0.507 e. The van der Waals surface area contributed by atoms with Crippen molar-refractivity contribution in [2.24, 2.45) is 0 Å². The number of phenols is 1. The number of carbonyl (C=O) groups is 1. The smallest absolute Gasteiger partial charge is 0.491 e. The lowest BCUT2D eigenvalue weighted by atomic mass is 9.79. The van der Waals surface area contributed by atoms with Gasteiger partial charge in [-0.2, -0.15) is 0 Å². The number of esters is 1. The molecule has 0 aromatic heterocycles. The molecule has 1 heterocycles. The Morgan fingerprint density at radius 2 is 2.04 bits per heavy atom. The molecule has 0 aliphatic carbocycles. The highest BCUT2D eigenvalue weighted by atomic mass is 32.2. The number of fused-ring (bicyclic) bond motifs is 1. The topological polar surface area (TPSA) is 122 Å². The zero-order valence-corrected chi connectivity index (χ0v) is 13.9. The van der Waals surface area contributed by atoms with E-state index in [9.17, 15) is 23.3 Å². The highest BCUT2D eigenvalue weighted by molar-refractivity contribution is 7.92. The van der Waals surface area contributed by atoms with Crippen molar-refractivity contribution in [2.75, 3.05) is 11.8 Å². The van der Waals surface area contributed by atoms with Gasteiger partial charge < -0.3 is 19.5 Å². The van der Waals surface area contributed by atoms with Crippen molar-refractivity contribution < 1.29 is 32.7 Å². The van der Waals surface area contributed by atoms with Gasteiger partial charge in [-0.05, 0) is 41.4 Å². The molecule has 0 atom stereocenters. The SMILES string of the molecule is COC(=O)c1cc(S(=O)(=O)Nc2ccc3c(c2)B(O)OC3)ccc1O. The first-order valence-electron chi connectivity index (χ1n) is 7.18. The van der Waals surface area contributed by atoms with Crippen LogP contribution in [0.25, 0.3) is 0 Å². The summed E-state index contributed by atoms with van der Waals surface area (Å²) in [5.41, 5.74) is 1.23. The Kier molecular flexibility index (Phi) is 4.42. The van der Waals surface area contributed by atoms with Crippen molar-refractivity contribution in [1.82, 2.24) is 0 Å². The Hall–Kier alpha value is -2.56. The molecule has 0 spiro atoms. The molecule has 1 aliphatic heterocycles. The average Bonchev–Trinajstić information content (AvgIpc) is 2.95. The van der Waals surface area contributed by atoms with Gasteiger partial charge in [-0.15, -0.1) is 0 Å². The van der Waals surface area contributed by atoms with Gasteiger partial charge in [0, 0.05) is 5.69 Å². The van der Waals surface area contributed by atoms with Crippen LogP contribution < -0.4 is 10.2 Å². The van der Waals surface area contributed by atoms with Gasteiger partial charge in [-0.25, -0.2) is 13.2 Å². The number of anilines is 1. The predicted molar refractivity (Wildman–Crippen MR) is 89.1 cm³/mol. The van der Waals surface area contributed by atoms with Crippen LogP contribution in [0.3, 0.4) is 0 Å². The van der Waals surface area contributed by atoms with Gasteiger partial charge in [-0.1, -0.05) is 6.07 Å². The van der Waals surface area contributed by atoms with E-state index in [1.165, 1.54) is 6.07 Å². The summed E-state index contributed by atoms with van der Waals surface area (Å²) in [5.74, 6) is -1.24. The lowest BCUT2D eigenvalue weighted by Crippen LogP contribution is -2.28. The minimum atomic E-state index is -4.02. The Morgan fingerprint density at radius 1 is 1.28 bits per heavy atom. The number of sulfonamides is 1. The number of benzene rings is 2. The van der Waals surface area contributed by atoms with E-state index in [1.807, 2.05) is 0 Å². The molecule has 2 aromatic rings. The Balaban J connectivity index is 1.93. The highest BCUT2D eigenvalue weighted by Crippen LogP contribution is 2.24. The van der Waals surface area contributed by atoms with Gasteiger partial charge in [0.1, 0.15) is 11.3 Å². The molecule has 2 aromatic carbocycles. The summed E-state index contributed by atoms with van der Waals surface area (Å²) in [5, 5.41) is 19.4. The molecule has 10 heteroatoms. The molecule has 0 saturated carbocycles. The molecule has 130 valence electrons. The van der Waals surface area contributed by atoms with Gasteiger partial charge in [0.2, 0.25) is 0 Å². The van der Waals surface area contributed by atoms with Crippen molar-refractivity contribution in [3.05, 3.63) is 47.5 Å². The molecule has 0 amide bonds. The maximum absolute atomic E-state index is 12.5. The quantitative estimate of drug-likeness (QED) is 0.524. The van der Waals surface area contributed by atoms with Gasteiger partial charge in [0.05, 0.1) is 18.6 Å². The van der Waals surface area contributed by atoms with Gasteiger partial charge in [0.15, 0.2) is 0 Å². The van der Waals surface area contributed by atoms with Crippen LogP contribution in [0.15, 0.2) is 41.3 Å². The molecular weight excluding hydrogens is 349 g/mol. The van der Waals surface area contributed by atoms with Crippen LogP contribution in [0.1, 0.15) is 15.9 Å². The van der Waals surface area contributed by atoms with Crippen LogP contribution in [0.4, 0.5) is 5.69 Å². The first kappa shape index (κ1) is 17.3. The predicted octanol–water partition coefficient (Wildman–Crippen LogP) is 0.197. The standard InChI is InChI=1S/C15H14BNO7S/c1-23-15(19)12-7-11(4-5-14(12)18)25(21,22)17-10-3-2-9-8-24-16(20)13(9)6-10/h2-7,17-18,20H,8H2,1H3. The Labute approximate surface area is 144 Å². The number of carbonyl (C=O) groups excluding carboxylic acids is 1. The molecule has 8 nitrogen and oxygen atoms in total. The molecular formula is C15H14BNO7S. The number of phenolic OH excluding ortho intramolecular Hbond substituents is 1. The van der Waals surface area contributed by atoms with Crippen molar-refractivity contribution in [1.29, 1.82) is 0 Å². The first-order valence-corrected chi connectivity index (χ1v) is 8.67. The fraction of sp³-hybridized carbons (Fsp3) is 0.133. The van der Waals surface area contributed by atoms with Crippen molar-refractivity contribution >= 4 is 34.3 Å². The second-order valence-corrected chi connectivity index (χ2v) is 7.04. The summed E-state index contributed by atoms with van der Waals surface area (Å²) >= 11 is 0. The normalized spacial score (nSPS) is 13.4. The third kappa shape index (κ3) is 3.32. The first-order chi connectivity index (χ1) is 11.8. The molecule has 0 fully saturated rings. The van der Waals surface area contributed by atoms with E-state index >= 15 is 0 Å². The molecule has 25 heavy (non-hydrogen) atoms. The van der Waals surface area contributed by atoms with Crippen molar-refractivity contribution in [3.63, 3.8) is 0 Å². The Morgan fingerprint density at radius 3 is 2.76 bits per heavy atom. The summed E-state index contributed by atoms with van der Waals surface area (Å²) in [6.07, 6.45) is 0. The fourth-order valence-electron chi connectivity index (χ4n) is 2.45. The van der Waals surface area contributed by atoms with E-state index in [4.69, 9.17) is 4.65 Å². The maximum Gasteiger partial charge on any atom is 0.491 e. The van der Waals surface area contributed by atoms with Gasteiger partial charge in [-0.3, -0.25) is 4.72 Å². The summed E-state index contributed by atoms with van der Waals surface area (Å²) in [6, 6.07) is 7.96. The minimum Gasteiger partial charge on any atom is -0.507 e. The van der Waals surface area contributed by atoms with Crippen LogP contribution in [0, 0.1) is 0 Å². The van der Waals surface area contributed by atoms with E-state index in [-0.39, 0.29) is 28.5 Å².